The molecular formula is C12H24N2O. The lowest BCUT2D eigenvalue weighted by molar-refractivity contribution is -0.00435. The van der Waals surface area contributed by atoms with Gasteiger partial charge in [0.25, 0.3) is 0 Å². The van der Waals surface area contributed by atoms with Gasteiger partial charge in [-0.15, -0.1) is 6.58 Å². The molecule has 2 unspecified atom stereocenters. The molecule has 3 nitrogen and oxygen atoms in total. The van der Waals surface area contributed by atoms with Crippen LogP contribution in [0.15, 0.2) is 12.7 Å². The van der Waals surface area contributed by atoms with E-state index in [4.69, 9.17) is 4.74 Å². The molecule has 2 atom stereocenters. The third kappa shape index (κ3) is 4.33. The highest BCUT2D eigenvalue weighted by molar-refractivity contribution is 4.79. The molecular weight excluding hydrogens is 188 g/mol. The van der Waals surface area contributed by atoms with Crippen molar-refractivity contribution in [3.8, 4) is 0 Å². The maximum atomic E-state index is 5.48. The Hall–Kier alpha value is -0.380. The number of methoxy groups -OCH3 is 1. The van der Waals surface area contributed by atoms with Gasteiger partial charge in [-0.3, -0.25) is 4.90 Å². The zero-order valence-corrected chi connectivity index (χ0v) is 10.0. The van der Waals surface area contributed by atoms with Crippen molar-refractivity contribution >= 4 is 0 Å². The first-order valence-corrected chi connectivity index (χ1v) is 5.84. The van der Waals surface area contributed by atoms with E-state index in [1.165, 1.54) is 13.0 Å². The van der Waals surface area contributed by atoms with Crippen LogP contribution in [-0.4, -0.2) is 50.8 Å². The average Bonchev–Trinajstić information content (AvgIpc) is 2.26. The van der Waals surface area contributed by atoms with Gasteiger partial charge in [0, 0.05) is 33.3 Å². The Kier molecular flexibility index (Phi) is 5.91. The minimum Gasteiger partial charge on any atom is -0.380 e. The minimum absolute atomic E-state index is 0.415. The van der Waals surface area contributed by atoms with Crippen LogP contribution in [0.4, 0.5) is 0 Å². The Morgan fingerprint density at radius 1 is 1.60 bits per heavy atom. The highest BCUT2D eigenvalue weighted by Gasteiger charge is 2.25. The summed E-state index contributed by atoms with van der Waals surface area (Å²) in [4.78, 5) is 2.48. The smallest absolute Gasteiger partial charge is 0.0724 e. The summed E-state index contributed by atoms with van der Waals surface area (Å²) >= 11 is 0. The highest BCUT2D eigenvalue weighted by atomic mass is 16.5. The first-order chi connectivity index (χ1) is 7.27. The van der Waals surface area contributed by atoms with Crippen LogP contribution in [0.1, 0.15) is 13.3 Å². The van der Waals surface area contributed by atoms with E-state index < -0.39 is 0 Å². The molecule has 0 bridgehead atoms. The van der Waals surface area contributed by atoms with Crippen LogP contribution in [0.25, 0.3) is 0 Å². The number of piperidine rings is 1. The molecule has 0 radical (unpaired) electrons. The van der Waals surface area contributed by atoms with Crippen molar-refractivity contribution in [3.05, 3.63) is 12.7 Å². The van der Waals surface area contributed by atoms with E-state index in [1.807, 2.05) is 13.2 Å². The second-order valence-corrected chi connectivity index (χ2v) is 4.33. The summed E-state index contributed by atoms with van der Waals surface area (Å²) in [5, 5.41) is 3.33. The largest absolute Gasteiger partial charge is 0.380 e. The molecule has 0 aromatic heterocycles. The Morgan fingerprint density at radius 2 is 2.40 bits per heavy atom. The van der Waals surface area contributed by atoms with Crippen LogP contribution in [0, 0.1) is 5.92 Å². The van der Waals surface area contributed by atoms with Gasteiger partial charge in [-0.1, -0.05) is 13.0 Å². The number of rotatable bonds is 6. The lowest BCUT2D eigenvalue weighted by Crippen LogP contribution is -2.46. The van der Waals surface area contributed by atoms with Crippen molar-refractivity contribution in [1.82, 2.24) is 10.2 Å². The molecule has 0 saturated carbocycles. The van der Waals surface area contributed by atoms with Gasteiger partial charge < -0.3 is 10.1 Å². The van der Waals surface area contributed by atoms with Gasteiger partial charge in [-0.05, 0) is 18.9 Å². The number of nitrogens with one attached hydrogen (secondary N) is 1. The fourth-order valence-electron chi connectivity index (χ4n) is 2.05. The van der Waals surface area contributed by atoms with Crippen molar-refractivity contribution in [2.45, 2.75) is 19.4 Å². The van der Waals surface area contributed by atoms with Crippen LogP contribution < -0.4 is 5.32 Å². The summed E-state index contributed by atoms with van der Waals surface area (Å²) in [5.74, 6) is 0.701. The third-order valence-corrected chi connectivity index (χ3v) is 3.17. The van der Waals surface area contributed by atoms with Gasteiger partial charge in [-0.2, -0.15) is 0 Å². The predicted octanol–water partition coefficient (Wildman–Crippen LogP) is 1.12. The maximum Gasteiger partial charge on any atom is 0.0724 e. The predicted molar refractivity (Wildman–Crippen MR) is 64.1 cm³/mol. The van der Waals surface area contributed by atoms with Gasteiger partial charge >= 0.3 is 0 Å². The fraction of sp³-hybridized carbons (Fsp3) is 0.833. The SMILES string of the molecule is C=CCNCCN1CCC(C)C(OC)C1. The van der Waals surface area contributed by atoms with E-state index in [0.29, 0.717) is 12.0 Å². The van der Waals surface area contributed by atoms with Crippen molar-refractivity contribution in [2.24, 2.45) is 5.92 Å². The molecule has 1 N–H and O–H groups in total. The first-order valence-electron chi connectivity index (χ1n) is 5.84. The molecule has 1 saturated heterocycles. The summed E-state index contributed by atoms with van der Waals surface area (Å²) in [5.41, 5.74) is 0. The molecule has 1 aliphatic heterocycles. The molecule has 1 aliphatic rings. The van der Waals surface area contributed by atoms with E-state index in [1.54, 1.807) is 0 Å². The van der Waals surface area contributed by atoms with Crippen molar-refractivity contribution in [1.29, 1.82) is 0 Å². The van der Waals surface area contributed by atoms with Gasteiger partial charge in [0.05, 0.1) is 6.10 Å². The summed E-state index contributed by atoms with van der Waals surface area (Å²) in [6, 6.07) is 0. The van der Waals surface area contributed by atoms with Crippen LogP contribution in [0.2, 0.25) is 0 Å². The molecule has 0 amide bonds. The van der Waals surface area contributed by atoms with Gasteiger partial charge in [0.1, 0.15) is 0 Å². The van der Waals surface area contributed by atoms with Crippen molar-refractivity contribution in [2.75, 3.05) is 39.8 Å². The molecule has 0 aromatic carbocycles. The minimum atomic E-state index is 0.415. The first kappa shape index (κ1) is 12.7. The summed E-state index contributed by atoms with van der Waals surface area (Å²) in [7, 11) is 1.82. The van der Waals surface area contributed by atoms with Crippen molar-refractivity contribution < 1.29 is 4.74 Å². The Morgan fingerprint density at radius 3 is 3.07 bits per heavy atom. The number of ether oxygens (including phenoxy) is 1. The lowest BCUT2D eigenvalue weighted by atomic mass is 9.96. The molecule has 1 heterocycles. The normalized spacial score (nSPS) is 27.9. The van der Waals surface area contributed by atoms with E-state index in [0.717, 1.165) is 26.2 Å². The number of hydrogen-bond donors (Lipinski definition) is 1. The van der Waals surface area contributed by atoms with Crippen LogP contribution in [-0.2, 0) is 4.74 Å². The number of hydrogen-bond acceptors (Lipinski definition) is 3. The third-order valence-electron chi connectivity index (χ3n) is 3.17. The van der Waals surface area contributed by atoms with Crippen LogP contribution >= 0.6 is 0 Å². The second kappa shape index (κ2) is 6.99. The summed E-state index contributed by atoms with van der Waals surface area (Å²) in [6.07, 6.45) is 3.56. The summed E-state index contributed by atoms with van der Waals surface area (Å²) in [6.45, 7) is 11.3. The molecule has 1 fully saturated rings. The maximum absolute atomic E-state index is 5.48. The Bertz CT molecular complexity index is 184. The van der Waals surface area contributed by atoms with Crippen LogP contribution in [0.3, 0.4) is 0 Å². The zero-order valence-electron chi connectivity index (χ0n) is 10.0. The second-order valence-electron chi connectivity index (χ2n) is 4.33. The number of likely N-dealkylation sites (tertiary alicyclic amines) is 1. The molecule has 1 rings (SSSR count). The zero-order chi connectivity index (χ0) is 11.1. The standard InChI is InChI=1S/C12H24N2O/c1-4-6-13-7-9-14-8-5-11(2)12(10-14)15-3/h4,11-13H,1,5-10H2,2-3H3. The number of nitrogens with zero attached hydrogens (tertiary/aromatic N) is 1. The molecule has 3 heteroatoms. The monoisotopic (exact) mass is 212 g/mol. The van der Waals surface area contributed by atoms with E-state index in [-0.39, 0.29) is 0 Å². The molecule has 0 aliphatic carbocycles. The molecule has 0 spiro atoms. The summed E-state index contributed by atoms with van der Waals surface area (Å²) < 4.78 is 5.48. The molecule has 88 valence electrons. The van der Waals surface area contributed by atoms with Crippen LogP contribution in [0.5, 0.6) is 0 Å². The van der Waals surface area contributed by atoms with Gasteiger partial charge in [0.15, 0.2) is 0 Å². The van der Waals surface area contributed by atoms with Gasteiger partial charge in [0.2, 0.25) is 0 Å². The fourth-order valence-corrected chi connectivity index (χ4v) is 2.05. The lowest BCUT2D eigenvalue weighted by Gasteiger charge is -2.36. The van der Waals surface area contributed by atoms with E-state index in [9.17, 15) is 0 Å². The Labute approximate surface area is 93.5 Å². The quantitative estimate of drug-likeness (QED) is 0.527. The van der Waals surface area contributed by atoms with E-state index >= 15 is 0 Å². The Balaban J connectivity index is 2.17. The average molecular weight is 212 g/mol. The van der Waals surface area contributed by atoms with Crippen molar-refractivity contribution in [3.63, 3.8) is 0 Å². The van der Waals surface area contributed by atoms with Gasteiger partial charge in [-0.25, -0.2) is 0 Å². The topological polar surface area (TPSA) is 24.5 Å². The molecule has 15 heavy (non-hydrogen) atoms. The van der Waals surface area contributed by atoms with E-state index in [2.05, 4.69) is 23.7 Å². The highest BCUT2D eigenvalue weighted by Crippen LogP contribution is 2.18. The molecule has 0 aromatic rings.